The minimum atomic E-state index is 0.592. The molecule has 0 unspecified atom stereocenters. The van der Waals surface area contributed by atoms with Gasteiger partial charge in [0.1, 0.15) is 0 Å². The molecule has 6 nitrogen and oxygen atoms in total. The van der Waals surface area contributed by atoms with Gasteiger partial charge in [0.15, 0.2) is 0 Å². The summed E-state index contributed by atoms with van der Waals surface area (Å²) < 4.78 is 22.8. The average molecular weight is 443 g/mol. The van der Waals surface area contributed by atoms with Crippen LogP contribution in [0.15, 0.2) is 60.7 Å². The third-order valence-corrected chi connectivity index (χ3v) is 5.45. The third-order valence-electron chi connectivity index (χ3n) is 5.45. The van der Waals surface area contributed by atoms with Gasteiger partial charge in [0, 0.05) is 39.3 Å². The molecule has 1 aliphatic rings. The quantitative estimate of drug-likeness (QED) is 0.725. The van der Waals surface area contributed by atoms with E-state index in [1.54, 1.807) is 0 Å². The van der Waals surface area contributed by atoms with Crippen LogP contribution in [0.2, 0.25) is 0 Å². The van der Waals surface area contributed by atoms with Crippen molar-refractivity contribution < 1.29 is 18.9 Å². The van der Waals surface area contributed by atoms with E-state index in [0.717, 1.165) is 39.3 Å². The van der Waals surface area contributed by atoms with E-state index in [-0.39, 0.29) is 0 Å². The van der Waals surface area contributed by atoms with Crippen LogP contribution in [0.25, 0.3) is 0 Å². The highest BCUT2D eigenvalue weighted by atomic mass is 16.6. The van der Waals surface area contributed by atoms with Crippen molar-refractivity contribution >= 4 is 0 Å². The van der Waals surface area contributed by atoms with Crippen molar-refractivity contribution in [3.8, 4) is 0 Å². The first-order chi connectivity index (χ1) is 15.9. The van der Waals surface area contributed by atoms with Crippen LogP contribution >= 0.6 is 0 Å². The van der Waals surface area contributed by atoms with Gasteiger partial charge in [-0.3, -0.25) is 9.80 Å². The number of benzene rings is 2. The van der Waals surface area contributed by atoms with Crippen molar-refractivity contribution in [3.63, 3.8) is 0 Å². The molecule has 0 spiro atoms. The molecule has 0 N–H and O–H groups in total. The summed E-state index contributed by atoms with van der Waals surface area (Å²) in [6.07, 6.45) is 0. The summed E-state index contributed by atoms with van der Waals surface area (Å²) in [7, 11) is 0. The van der Waals surface area contributed by atoms with E-state index in [1.807, 2.05) is 0 Å². The van der Waals surface area contributed by atoms with E-state index in [0.29, 0.717) is 52.9 Å². The predicted molar refractivity (Wildman–Crippen MR) is 127 cm³/mol. The first-order valence-corrected chi connectivity index (χ1v) is 11.7. The Bertz CT molecular complexity index is 640. The molecule has 1 heterocycles. The Hall–Kier alpha value is -1.80. The maximum atomic E-state index is 5.83. The summed E-state index contributed by atoms with van der Waals surface area (Å²) in [6.45, 7) is 10.6. The molecule has 2 aromatic rings. The maximum Gasteiger partial charge on any atom is 0.0701 e. The lowest BCUT2D eigenvalue weighted by molar-refractivity contribution is -0.00885. The van der Waals surface area contributed by atoms with Crippen molar-refractivity contribution in [2.75, 3.05) is 79.0 Å². The Labute approximate surface area is 193 Å². The highest BCUT2D eigenvalue weighted by Gasteiger charge is 2.11. The average Bonchev–Trinajstić information content (AvgIpc) is 2.83. The van der Waals surface area contributed by atoms with E-state index in [1.165, 1.54) is 11.1 Å². The van der Waals surface area contributed by atoms with Gasteiger partial charge in [-0.05, 0) is 11.1 Å². The second-order valence-corrected chi connectivity index (χ2v) is 7.97. The zero-order valence-electron chi connectivity index (χ0n) is 19.2. The smallest absolute Gasteiger partial charge is 0.0701 e. The Morgan fingerprint density at radius 1 is 0.438 bits per heavy atom. The lowest BCUT2D eigenvalue weighted by Gasteiger charge is -2.28. The van der Waals surface area contributed by atoms with Crippen molar-refractivity contribution in [1.82, 2.24) is 9.80 Å². The van der Waals surface area contributed by atoms with Crippen LogP contribution in [0, 0.1) is 0 Å². The molecule has 0 amide bonds. The van der Waals surface area contributed by atoms with Gasteiger partial charge >= 0.3 is 0 Å². The summed E-state index contributed by atoms with van der Waals surface area (Å²) in [6, 6.07) is 21.3. The van der Waals surface area contributed by atoms with Crippen molar-refractivity contribution in [2.24, 2.45) is 0 Å². The predicted octanol–water partition coefficient (Wildman–Crippen LogP) is 3.07. The monoisotopic (exact) mass is 442 g/mol. The first-order valence-electron chi connectivity index (χ1n) is 11.7. The molecule has 1 fully saturated rings. The molecule has 0 bridgehead atoms. The number of nitrogens with zero attached hydrogens (tertiary/aromatic N) is 2. The van der Waals surface area contributed by atoms with E-state index >= 15 is 0 Å². The van der Waals surface area contributed by atoms with Gasteiger partial charge in [-0.1, -0.05) is 60.7 Å². The lowest BCUT2D eigenvalue weighted by atomic mass is 10.2. The van der Waals surface area contributed by atoms with Crippen LogP contribution < -0.4 is 0 Å². The van der Waals surface area contributed by atoms with Gasteiger partial charge < -0.3 is 18.9 Å². The molecule has 3 rings (SSSR count). The Balaban J connectivity index is 1.59. The zero-order valence-corrected chi connectivity index (χ0v) is 19.2. The lowest BCUT2D eigenvalue weighted by Crippen LogP contribution is -2.38. The van der Waals surface area contributed by atoms with Crippen molar-refractivity contribution in [1.29, 1.82) is 0 Å². The second-order valence-electron chi connectivity index (χ2n) is 7.97. The Kier molecular flexibility index (Phi) is 12.3. The van der Waals surface area contributed by atoms with Gasteiger partial charge in [0.25, 0.3) is 0 Å². The molecule has 32 heavy (non-hydrogen) atoms. The van der Waals surface area contributed by atoms with Crippen LogP contribution in [0.4, 0.5) is 0 Å². The van der Waals surface area contributed by atoms with Gasteiger partial charge in [0.05, 0.1) is 52.9 Å². The molecule has 0 radical (unpaired) electrons. The second kappa shape index (κ2) is 15.9. The number of rotatable bonds is 4. The Morgan fingerprint density at radius 3 is 1.16 bits per heavy atom. The summed E-state index contributed by atoms with van der Waals surface area (Å²) in [5, 5.41) is 0. The fourth-order valence-electron chi connectivity index (χ4n) is 3.66. The maximum absolute atomic E-state index is 5.83. The molecular weight excluding hydrogens is 404 g/mol. The van der Waals surface area contributed by atoms with Crippen LogP contribution in [0.3, 0.4) is 0 Å². The van der Waals surface area contributed by atoms with Gasteiger partial charge in [-0.2, -0.15) is 0 Å². The molecule has 1 aliphatic heterocycles. The van der Waals surface area contributed by atoms with Crippen molar-refractivity contribution in [2.45, 2.75) is 13.1 Å². The van der Waals surface area contributed by atoms with Crippen molar-refractivity contribution in [3.05, 3.63) is 71.8 Å². The highest BCUT2D eigenvalue weighted by Crippen LogP contribution is 2.08. The molecule has 1 saturated heterocycles. The summed E-state index contributed by atoms with van der Waals surface area (Å²) in [4.78, 5) is 4.96. The number of hydrogen-bond donors (Lipinski definition) is 0. The van der Waals surface area contributed by atoms with Crippen LogP contribution in [-0.2, 0) is 32.0 Å². The van der Waals surface area contributed by atoms with E-state index < -0.39 is 0 Å². The van der Waals surface area contributed by atoms with E-state index in [4.69, 9.17) is 18.9 Å². The van der Waals surface area contributed by atoms with Gasteiger partial charge in [-0.25, -0.2) is 0 Å². The molecule has 0 aliphatic carbocycles. The number of hydrogen-bond acceptors (Lipinski definition) is 6. The van der Waals surface area contributed by atoms with Gasteiger partial charge in [0.2, 0.25) is 0 Å². The molecule has 0 aromatic heterocycles. The number of ether oxygens (including phenoxy) is 4. The summed E-state index contributed by atoms with van der Waals surface area (Å²) in [5.41, 5.74) is 2.66. The molecule has 0 saturated carbocycles. The molecule has 0 atom stereocenters. The topological polar surface area (TPSA) is 43.4 Å². The third kappa shape index (κ3) is 10.7. The fourth-order valence-corrected chi connectivity index (χ4v) is 3.66. The van der Waals surface area contributed by atoms with E-state index in [2.05, 4.69) is 70.5 Å². The summed E-state index contributed by atoms with van der Waals surface area (Å²) in [5.74, 6) is 0. The summed E-state index contributed by atoms with van der Waals surface area (Å²) >= 11 is 0. The van der Waals surface area contributed by atoms with Crippen LogP contribution in [-0.4, -0.2) is 88.8 Å². The molecule has 6 heteroatoms. The SMILES string of the molecule is c1ccc(CN2CCOCCOCCOCCOCCN(Cc3ccccc3)CC2)cc1. The highest BCUT2D eigenvalue weighted by molar-refractivity contribution is 5.15. The molecule has 176 valence electrons. The van der Waals surface area contributed by atoms with Gasteiger partial charge in [-0.15, -0.1) is 0 Å². The van der Waals surface area contributed by atoms with Crippen LogP contribution in [0.5, 0.6) is 0 Å². The fraction of sp³-hybridized carbons (Fsp3) is 0.538. The molecule has 2 aromatic carbocycles. The Morgan fingerprint density at radius 2 is 0.781 bits per heavy atom. The van der Waals surface area contributed by atoms with E-state index in [9.17, 15) is 0 Å². The zero-order chi connectivity index (χ0) is 22.1. The minimum absolute atomic E-state index is 0.592. The largest absolute Gasteiger partial charge is 0.378 e. The normalized spacial score (nSPS) is 19.8. The van der Waals surface area contributed by atoms with Crippen LogP contribution in [0.1, 0.15) is 11.1 Å². The molecular formula is C26H38N2O4. The standard InChI is InChI=1S/C26H38N2O4/c1-3-7-25(8-4-1)23-27-11-12-28(24-26-9-5-2-6-10-26)14-16-30-18-20-32-22-21-31-19-17-29-15-13-27/h1-10H,11-24H2. The first kappa shape index (κ1) is 24.8. The minimum Gasteiger partial charge on any atom is -0.378 e.